The van der Waals surface area contributed by atoms with Crippen molar-refractivity contribution in [3.05, 3.63) is 57.6 Å². The third-order valence-electron chi connectivity index (χ3n) is 4.15. The lowest BCUT2D eigenvalue weighted by atomic mass is 10.1. The van der Waals surface area contributed by atoms with Crippen LogP contribution in [-0.2, 0) is 10.0 Å². The average molecular weight is 386 g/mol. The first-order valence-electron chi connectivity index (χ1n) is 7.44. The zero-order valence-electron chi connectivity index (χ0n) is 13.2. The largest absolute Gasteiger partial charge is 0.497 e. The number of hydrogen-bond acceptors (Lipinski definition) is 3. The molecule has 0 unspecified atom stereocenters. The van der Waals surface area contributed by atoms with Gasteiger partial charge in [0.2, 0.25) is 10.0 Å². The molecule has 0 spiro atoms. The summed E-state index contributed by atoms with van der Waals surface area (Å²) in [6.07, 6.45) is 0.743. The van der Waals surface area contributed by atoms with Crippen LogP contribution in [0.3, 0.4) is 0 Å². The van der Waals surface area contributed by atoms with Gasteiger partial charge in [0, 0.05) is 12.0 Å². The van der Waals surface area contributed by atoms with Crippen LogP contribution in [0.5, 0.6) is 5.75 Å². The summed E-state index contributed by atoms with van der Waals surface area (Å²) >= 11 is 12.2. The Morgan fingerprint density at radius 3 is 2.42 bits per heavy atom. The van der Waals surface area contributed by atoms with E-state index in [-0.39, 0.29) is 26.9 Å². The number of aryl methyl sites for hydroxylation is 1. The Labute approximate surface area is 151 Å². The van der Waals surface area contributed by atoms with Crippen LogP contribution >= 0.6 is 23.2 Å². The fourth-order valence-electron chi connectivity index (χ4n) is 2.68. The van der Waals surface area contributed by atoms with Crippen LogP contribution in [0.4, 0.5) is 0 Å². The maximum Gasteiger partial charge on any atom is 0.243 e. The molecule has 2 aromatic rings. The van der Waals surface area contributed by atoms with Crippen molar-refractivity contribution < 1.29 is 13.2 Å². The lowest BCUT2D eigenvalue weighted by molar-refractivity contribution is 0.414. The molecule has 1 aliphatic rings. The highest BCUT2D eigenvalue weighted by atomic mass is 35.5. The molecule has 0 radical (unpaired) electrons. The van der Waals surface area contributed by atoms with E-state index in [1.54, 1.807) is 26.2 Å². The average Bonchev–Trinajstić information content (AvgIpc) is 3.29. The summed E-state index contributed by atoms with van der Waals surface area (Å²) in [5, 5.41) is 0.288. The minimum atomic E-state index is -3.77. The highest BCUT2D eigenvalue weighted by Gasteiger charge is 2.42. The summed E-state index contributed by atoms with van der Waals surface area (Å²) < 4.78 is 33.1. The van der Waals surface area contributed by atoms with Crippen LogP contribution in [0.2, 0.25) is 10.0 Å². The van der Waals surface area contributed by atoms with Crippen molar-refractivity contribution in [3.63, 3.8) is 0 Å². The lowest BCUT2D eigenvalue weighted by Crippen LogP contribution is -2.27. The Kier molecular flexibility index (Phi) is 4.80. The standard InChI is InChI=1S/C17H17Cl2NO3S/c1-10-3-8-14(18)17(16(10)19)24(21,22)20-15-9-13(15)11-4-6-12(23-2)7-5-11/h3-8,13,15,20H,9H2,1-2H3/t13-,15+/m0/s1. The van der Waals surface area contributed by atoms with Gasteiger partial charge >= 0.3 is 0 Å². The Balaban J connectivity index is 1.78. The first-order chi connectivity index (χ1) is 11.3. The highest BCUT2D eigenvalue weighted by molar-refractivity contribution is 7.89. The van der Waals surface area contributed by atoms with E-state index in [0.717, 1.165) is 17.7 Å². The maximum atomic E-state index is 12.7. The Morgan fingerprint density at radius 1 is 1.12 bits per heavy atom. The van der Waals surface area contributed by atoms with Crippen molar-refractivity contribution in [3.8, 4) is 5.75 Å². The van der Waals surface area contributed by atoms with Crippen molar-refractivity contribution >= 4 is 33.2 Å². The van der Waals surface area contributed by atoms with E-state index in [0.29, 0.717) is 5.56 Å². The van der Waals surface area contributed by atoms with E-state index in [1.165, 1.54) is 0 Å². The van der Waals surface area contributed by atoms with Gasteiger partial charge in [-0.05, 0) is 42.7 Å². The van der Waals surface area contributed by atoms with Crippen molar-refractivity contribution in [2.45, 2.75) is 30.2 Å². The number of rotatable bonds is 5. The monoisotopic (exact) mass is 385 g/mol. The zero-order valence-corrected chi connectivity index (χ0v) is 15.5. The summed E-state index contributed by atoms with van der Waals surface area (Å²) in [5.74, 6) is 0.919. The smallest absolute Gasteiger partial charge is 0.243 e. The van der Waals surface area contributed by atoms with Crippen LogP contribution in [0.1, 0.15) is 23.5 Å². The number of benzene rings is 2. The van der Waals surface area contributed by atoms with Gasteiger partial charge < -0.3 is 4.74 Å². The van der Waals surface area contributed by atoms with E-state index in [9.17, 15) is 8.42 Å². The number of hydrogen-bond donors (Lipinski definition) is 1. The topological polar surface area (TPSA) is 55.4 Å². The van der Waals surface area contributed by atoms with Gasteiger partial charge in [0.05, 0.1) is 17.2 Å². The molecule has 0 aliphatic heterocycles. The Morgan fingerprint density at radius 2 is 1.79 bits per heavy atom. The van der Waals surface area contributed by atoms with Crippen LogP contribution < -0.4 is 9.46 Å². The molecule has 1 N–H and O–H groups in total. The van der Waals surface area contributed by atoms with E-state index >= 15 is 0 Å². The normalized spacial score (nSPS) is 20.0. The fourth-order valence-corrected chi connectivity index (χ4v) is 5.16. The second kappa shape index (κ2) is 6.56. The molecule has 3 rings (SSSR count). The number of methoxy groups -OCH3 is 1. The second-order valence-electron chi connectivity index (χ2n) is 5.85. The Hall–Kier alpha value is -1.27. The van der Waals surface area contributed by atoms with Crippen molar-refractivity contribution in [1.29, 1.82) is 0 Å². The van der Waals surface area contributed by atoms with E-state index in [1.807, 2.05) is 24.3 Å². The molecule has 2 atom stereocenters. The molecule has 128 valence electrons. The fraction of sp³-hybridized carbons (Fsp3) is 0.294. The minimum Gasteiger partial charge on any atom is -0.497 e. The number of sulfonamides is 1. The molecule has 0 heterocycles. The predicted molar refractivity (Wildman–Crippen MR) is 95.7 cm³/mol. The van der Waals surface area contributed by atoms with Gasteiger partial charge in [-0.1, -0.05) is 41.4 Å². The van der Waals surface area contributed by atoms with Gasteiger partial charge in [-0.3, -0.25) is 0 Å². The van der Waals surface area contributed by atoms with Gasteiger partial charge in [0.1, 0.15) is 10.6 Å². The third-order valence-corrected chi connectivity index (χ3v) is 6.75. The molecule has 4 nitrogen and oxygen atoms in total. The predicted octanol–water partition coefficient (Wildman–Crippen LogP) is 4.14. The minimum absolute atomic E-state index is 0.0498. The summed E-state index contributed by atoms with van der Waals surface area (Å²) in [5.41, 5.74) is 1.74. The number of nitrogens with one attached hydrogen (secondary N) is 1. The molecule has 0 bridgehead atoms. The summed E-state index contributed by atoms with van der Waals surface area (Å²) in [6.45, 7) is 1.75. The third kappa shape index (κ3) is 3.40. The van der Waals surface area contributed by atoms with E-state index in [2.05, 4.69) is 4.72 Å². The lowest BCUT2D eigenvalue weighted by Gasteiger charge is -2.11. The molecule has 0 aromatic heterocycles. The van der Waals surface area contributed by atoms with E-state index in [4.69, 9.17) is 27.9 Å². The molecule has 2 aromatic carbocycles. The van der Waals surface area contributed by atoms with Crippen LogP contribution in [-0.4, -0.2) is 21.6 Å². The number of halogens is 2. The molecule has 0 amide bonds. The summed E-state index contributed by atoms with van der Waals surface area (Å²) in [6, 6.07) is 10.7. The van der Waals surface area contributed by atoms with Gasteiger partial charge in [-0.2, -0.15) is 0 Å². The molecule has 1 aliphatic carbocycles. The quantitative estimate of drug-likeness (QED) is 0.840. The van der Waals surface area contributed by atoms with Crippen molar-refractivity contribution in [2.75, 3.05) is 7.11 Å². The van der Waals surface area contributed by atoms with E-state index < -0.39 is 10.0 Å². The maximum absolute atomic E-state index is 12.7. The first kappa shape index (κ1) is 17.5. The SMILES string of the molecule is COc1ccc([C@@H]2C[C@H]2NS(=O)(=O)c2c(Cl)ccc(C)c2Cl)cc1. The second-order valence-corrected chi connectivity index (χ2v) is 8.29. The van der Waals surface area contributed by atoms with Gasteiger partial charge in [-0.25, -0.2) is 13.1 Å². The summed E-state index contributed by atoms with van der Waals surface area (Å²) in [4.78, 5) is -0.0498. The zero-order chi connectivity index (χ0) is 17.5. The molecule has 24 heavy (non-hydrogen) atoms. The summed E-state index contributed by atoms with van der Waals surface area (Å²) in [7, 11) is -2.16. The van der Waals surface area contributed by atoms with Crippen LogP contribution in [0.25, 0.3) is 0 Å². The molecule has 7 heteroatoms. The molecule has 1 saturated carbocycles. The highest BCUT2D eigenvalue weighted by Crippen LogP contribution is 2.43. The van der Waals surface area contributed by atoms with Crippen LogP contribution in [0, 0.1) is 6.92 Å². The van der Waals surface area contributed by atoms with Gasteiger partial charge in [0.25, 0.3) is 0 Å². The first-order valence-corrected chi connectivity index (χ1v) is 9.68. The van der Waals surface area contributed by atoms with Crippen molar-refractivity contribution in [1.82, 2.24) is 4.72 Å². The number of ether oxygens (including phenoxy) is 1. The van der Waals surface area contributed by atoms with Crippen molar-refractivity contribution in [2.24, 2.45) is 0 Å². The van der Waals surface area contributed by atoms with Gasteiger partial charge in [0.15, 0.2) is 0 Å². The molecular weight excluding hydrogens is 369 g/mol. The van der Waals surface area contributed by atoms with Gasteiger partial charge in [-0.15, -0.1) is 0 Å². The molecule has 0 saturated heterocycles. The molecular formula is C17H17Cl2NO3S. The molecule has 1 fully saturated rings. The Bertz CT molecular complexity index is 866. The van der Waals surface area contributed by atoms with Crippen LogP contribution in [0.15, 0.2) is 41.3 Å².